The van der Waals surface area contributed by atoms with E-state index in [1.165, 1.54) is 0 Å². The highest BCUT2D eigenvalue weighted by Crippen LogP contribution is 2.44. The van der Waals surface area contributed by atoms with Gasteiger partial charge >= 0.3 is 5.97 Å². The molecule has 1 aromatic rings. The van der Waals surface area contributed by atoms with Crippen molar-refractivity contribution in [1.29, 1.82) is 0 Å². The number of rotatable bonds is 9. The molecule has 0 aromatic heterocycles. The summed E-state index contributed by atoms with van der Waals surface area (Å²) in [5, 5.41) is 12.1. The molecule has 5 atom stereocenters. The van der Waals surface area contributed by atoms with Crippen molar-refractivity contribution in [3.8, 4) is 5.75 Å². The molecule has 2 N–H and O–H groups in total. The van der Waals surface area contributed by atoms with E-state index in [1.807, 2.05) is 19.1 Å². The first-order valence-electron chi connectivity index (χ1n) is 11.1. The fourth-order valence-electron chi connectivity index (χ4n) is 4.72. The molecule has 3 rings (SSSR count). The second-order valence-corrected chi connectivity index (χ2v) is 8.25. The maximum absolute atomic E-state index is 13.5. The predicted octanol–water partition coefficient (Wildman–Crippen LogP) is 2.23. The highest BCUT2D eigenvalue weighted by atomic mass is 16.5. The number of ether oxygens (including phenoxy) is 2. The Morgan fingerprint density at radius 1 is 1.16 bits per heavy atom. The molecule has 0 saturated carbocycles. The summed E-state index contributed by atoms with van der Waals surface area (Å²) in [6.45, 7) is 4.22. The van der Waals surface area contributed by atoms with Crippen LogP contribution in [0.25, 0.3) is 0 Å². The van der Waals surface area contributed by atoms with Crippen molar-refractivity contribution in [2.24, 2.45) is 23.7 Å². The molecule has 1 saturated heterocycles. The normalized spacial score (nSPS) is 26.6. The van der Waals surface area contributed by atoms with Crippen molar-refractivity contribution >= 4 is 23.5 Å². The number of nitrogens with one attached hydrogen (secondary N) is 1. The van der Waals surface area contributed by atoms with Crippen molar-refractivity contribution in [1.82, 2.24) is 4.90 Å². The SMILES string of the molecule is CCOC(=O)[C@H]1[C@H]2C(=O)N(CCCCO)[C@H](C(=O)Nc3ccc(OC)cc3)[C@H]2C=C[C@H]1C. The molecule has 0 radical (unpaired) electrons. The van der Waals surface area contributed by atoms with Gasteiger partial charge in [0.25, 0.3) is 0 Å². The predicted molar refractivity (Wildman–Crippen MR) is 119 cm³/mol. The Kier molecular flexibility index (Phi) is 7.90. The second kappa shape index (κ2) is 10.6. The van der Waals surface area contributed by atoms with Gasteiger partial charge in [0.2, 0.25) is 11.8 Å². The van der Waals surface area contributed by atoms with Crippen LogP contribution >= 0.6 is 0 Å². The molecular weight excluding hydrogens is 412 g/mol. The van der Waals surface area contributed by atoms with E-state index in [2.05, 4.69) is 5.32 Å². The number of esters is 1. The van der Waals surface area contributed by atoms with Crippen LogP contribution in [0.4, 0.5) is 5.69 Å². The van der Waals surface area contributed by atoms with Crippen LogP contribution in [0.1, 0.15) is 26.7 Å². The van der Waals surface area contributed by atoms with E-state index < -0.39 is 29.8 Å². The number of carbonyl (C=O) groups is 3. The van der Waals surface area contributed by atoms with Crippen LogP contribution in [0.3, 0.4) is 0 Å². The van der Waals surface area contributed by atoms with E-state index in [0.717, 1.165) is 0 Å². The topological polar surface area (TPSA) is 105 Å². The van der Waals surface area contributed by atoms with Crippen LogP contribution in [0.2, 0.25) is 0 Å². The number of methoxy groups -OCH3 is 1. The Bertz CT molecular complexity index is 853. The molecule has 8 nitrogen and oxygen atoms in total. The fourth-order valence-corrected chi connectivity index (χ4v) is 4.72. The number of aliphatic hydroxyl groups excluding tert-OH is 1. The second-order valence-electron chi connectivity index (χ2n) is 8.25. The standard InChI is InChI=1S/C24H32N2O6/c1-4-32-24(30)19-15(2)7-12-18-20(19)23(29)26(13-5-6-14-27)21(18)22(28)25-16-8-10-17(31-3)11-9-16/h7-12,15,18-21,27H,4-6,13-14H2,1-3H3,(H,25,28)/t15-,18+,19-,20+,21+/m1/s1. The lowest BCUT2D eigenvalue weighted by Gasteiger charge is -2.32. The number of hydrogen-bond acceptors (Lipinski definition) is 6. The molecule has 174 valence electrons. The van der Waals surface area contributed by atoms with E-state index in [0.29, 0.717) is 30.8 Å². The highest BCUT2D eigenvalue weighted by Gasteiger charge is 2.56. The van der Waals surface area contributed by atoms with Crippen molar-refractivity contribution in [3.05, 3.63) is 36.4 Å². The van der Waals surface area contributed by atoms with Gasteiger partial charge in [0, 0.05) is 24.8 Å². The zero-order chi connectivity index (χ0) is 23.3. The van der Waals surface area contributed by atoms with E-state index in [4.69, 9.17) is 14.6 Å². The van der Waals surface area contributed by atoms with E-state index in [1.54, 1.807) is 43.2 Å². The van der Waals surface area contributed by atoms with Crippen molar-refractivity contribution in [2.75, 3.05) is 32.2 Å². The molecule has 8 heteroatoms. The number of carbonyl (C=O) groups excluding carboxylic acids is 3. The van der Waals surface area contributed by atoms with Crippen LogP contribution in [0.5, 0.6) is 5.75 Å². The molecule has 1 aliphatic carbocycles. The summed E-state index contributed by atoms with van der Waals surface area (Å²) < 4.78 is 10.4. The van der Waals surface area contributed by atoms with Crippen molar-refractivity contribution < 1.29 is 29.0 Å². The molecule has 2 amide bonds. The largest absolute Gasteiger partial charge is 0.497 e. The lowest BCUT2D eigenvalue weighted by atomic mass is 9.70. The summed E-state index contributed by atoms with van der Waals surface area (Å²) in [4.78, 5) is 41.1. The Hall–Kier alpha value is -2.87. The van der Waals surface area contributed by atoms with Gasteiger partial charge in [-0.2, -0.15) is 0 Å². The van der Waals surface area contributed by atoms with Gasteiger partial charge in [-0.1, -0.05) is 19.1 Å². The Balaban J connectivity index is 1.89. The monoisotopic (exact) mass is 444 g/mol. The van der Waals surface area contributed by atoms with E-state index in [9.17, 15) is 14.4 Å². The number of hydrogen-bond donors (Lipinski definition) is 2. The Morgan fingerprint density at radius 3 is 2.50 bits per heavy atom. The number of benzene rings is 1. The number of amides is 2. The lowest BCUT2D eigenvalue weighted by Crippen LogP contribution is -2.44. The summed E-state index contributed by atoms with van der Waals surface area (Å²) in [6, 6.07) is 6.23. The van der Waals surface area contributed by atoms with Crippen molar-refractivity contribution in [2.45, 2.75) is 32.7 Å². The first-order valence-corrected chi connectivity index (χ1v) is 11.1. The molecule has 1 aromatic carbocycles. The number of aliphatic hydroxyl groups is 1. The molecule has 32 heavy (non-hydrogen) atoms. The van der Waals surface area contributed by atoms with Gasteiger partial charge in [-0.15, -0.1) is 0 Å². The summed E-state index contributed by atoms with van der Waals surface area (Å²) in [5.41, 5.74) is 0.595. The minimum absolute atomic E-state index is 0.0139. The zero-order valence-corrected chi connectivity index (χ0v) is 18.8. The number of unbranched alkanes of at least 4 members (excludes halogenated alkanes) is 1. The Morgan fingerprint density at radius 2 is 1.88 bits per heavy atom. The summed E-state index contributed by atoms with van der Waals surface area (Å²) in [7, 11) is 1.57. The molecule has 1 fully saturated rings. The summed E-state index contributed by atoms with van der Waals surface area (Å²) >= 11 is 0. The van der Waals surface area contributed by atoms with Crippen LogP contribution in [-0.2, 0) is 19.1 Å². The number of fused-ring (bicyclic) bond motifs is 1. The molecule has 0 bridgehead atoms. The minimum Gasteiger partial charge on any atom is -0.497 e. The Labute approximate surface area is 188 Å². The first kappa shape index (κ1) is 23.8. The summed E-state index contributed by atoms with van der Waals surface area (Å²) in [6.07, 6.45) is 4.89. The molecule has 0 unspecified atom stereocenters. The third-order valence-corrected chi connectivity index (χ3v) is 6.27. The molecular formula is C24H32N2O6. The molecule has 1 heterocycles. The van der Waals surface area contributed by atoms with Gasteiger partial charge in [-0.05, 0) is 49.9 Å². The van der Waals surface area contributed by atoms with Crippen LogP contribution in [0.15, 0.2) is 36.4 Å². The van der Waals surface area contributed by atoms with Crippen molar-refractivity contribution in [3.63, 3.8) is 0 Å². The number of anilines is 1. The van der Waals surface area contributed by atoms with Gasteiger partial charge in [0.15, 0.2) is 0 Å². The van der Waals surface area contributed by atoms with Crippen LogP contribution in [-0.4, -0.2) is 60.7 Å². The fraction of sp³-hybridized carbons (Fsp3) is 0.542. The maximum Gasteiger partial charge on any atom is 0.310 e. The first-order chi connectivity index (χ1) is 15.4. The maximum atomic E-state index is 13.5. The number of allylic oxidation sites excluding steroid dienone is 1. The minimum atomic E-state index is -0.742. The van der Waals surface area contributed by atoms with E-state index in [-0.39, 0.29) is 30.9 Å². The average molecular weight is 445 g/mol. The van der Waals surface area contributed by atoms with Crippen LogP contribution in [0, 0.1) is 23.7 Å². The highest BCUT2D eigenvalue weighted by molar-refractivity contribution is 6.01. The number of nitrogens with zero attached hydrogens (tertiary/aromatic N) is 1. The molecule has 0 spiro atoms. The molecule has 1 aliphatic heterocycles. The third kappa shape index (κ3) is 4.80. The third-order valence-electron chi connectivity index (χ3n) is 6.27. The van der Waals surface area contributed by atoms with Gasteiger partial charge in [-0.3, -0.25) is 14.4 Å². The van der Waals surface area contributed by atoms with Gasteiger partial charge in [0.05, 0.1) is 25.6 Å². The molecule has 2 aliphatic rings. The summed E-state index contributed by atoms with van der Waals surface area (Å²) in [5.74, 6) is -2.11. The van der Waals surface area contributed by atoms with E-state index >= 15 is 0 Å². The number of likely N-dealkylation sites (tertiary alicyclic amines) is 1. The average Bonchev–Trinajstić information content (AvgIpc) is 3.06. The quantitative estimate of drug-likeness (QED) is 0.344. The van der Waals surface area contributed by atoms with Gasteiger partial charge in [0.1, 0.15) is 11.8 Å². The van der Waals surface area contributed by atoms with Crippen LogP contribution < -0.4 is 10.1 Å². The smallest absolute Gasteiger partial charge is 0.310 e. The van der Waals surface area contributed by atoms with Gasteiger partial charge < -0.3 is 24.8 Å². The van der Waals surface area contributed by atoms with Gasteiger partial charge in [-0.25, -0.2) is 0 Å². The lowest BCUT2D eigenvalue weighted by molar-refractivity contribution is -0.155. The zero-order valence-electron chi connectivity index (χ0n) is 18.8.